The number of benzene rings is 2. The molecule has 1 amide bonds. The Labute approximate surface area is 237 Å². The molecule has 1 saturated heterocycles. The molecule has 1 fully saturated rings. The van der Waals surface area contributed by atoms with Gasteiger partial charge in [-0.15, -0.1) is 0 Å². The minimum Gasteiger partial charge on any atom is -0.423 e. The maximum Gasteiger partial charge on any atom is 0.325 e. The first-order valence-electron chi connectivity index (χ1n) is 13.7. The summed E-state index contributed by atoms with van der Waals surface area (Å²) in [4.78, 5) is 35.0. The molecule has 0 aliphatic carbocycles. The van der Waals surface area contributed by atoms with E-state index in [1.54, 1.807) is 60.5 Å². The number of ether oxygens (including phenoxy) is 2. The Morgan fingerprint density at radius 1 is 1.10 bits per heavy atom. The monoisotopic (exact) mass is 565 g/mol. The van der Waals surface area contributed by atoms with E-state index in [0.717, 1.165) is 12.8 Å². The molecule has 3 heterocycles. The number of amides is 1. The van der Waals surface area contributed by atoms with Gasteiger partial charge in [0.1, 0.15) is 17.4 Å². The molecule has 1 aromatic heterocycles. The van der Waals surface area contributed by atoms with Crippen molar-refractivity contribution in [2.24, 2.45) is 15.0 Å². The molecule has 10 nitrogen and oxygen atoms in total. The van der Waals surface area contributed by atoms with E-state index in [0.29, 0.717) is 61.8 Å². The van der Waals surface area contributed by atoms with Crippen molar-refractivity contribution in [2.75, 3.05) is 53.0 Å². The number of hydrogen-bond donors (Lipinski definition) is 0. The van der Waals surface area contributed by atoms with Crippen molar-refractivity contribution in [3.05, 3.63) is 59.9 Å². The lowest BCUT2D eigenvalue weighted by molar-refractivity contribution is 0.0452. The van der Waals surface area contributed by atoms with Gasteiger partial charge in [-0.25, -0.2) is 13.8 Å². The number of halogens is 2. The lowest BCUT2D eigenvalue weighted by Crippen LogP contribution is -2.39. The van der Waals surface area contributed by atoms with E-state index < -0.39 is 12.2 Å². The first-order valence-corrected chi connectivity index (χ1v) is 13.7. The van der Waals surface area contributed by atoms with Crippen LogP contribution in [-0.4, -0.2) is 95.9 Å². The maximum atomic E-state index is 14.2. The minimum absolute atomic E-state index is 0.0174. The van der Waals surface area contributed by atoms with Crippen LogP contribution in [-0.2, 0) is 4.74 Å². The third kappa shape index (κ3) is 6.66. The number of aliphatic imine (C=N–C) groups is 3. The number of aromatic nitrogens is 2. The first-order chi connectivity index (χ1) is 19.9. The summed E-state index contributed by atoms with van der Waals surface area (Å²) < 4.78 is 41.3. The first kappa shape index (κ1) is 28.5. The van der Waals surface area contributed by atoms with Gasteiger partial charge in [-0.2, -0.15) is 9.98 Å². The topological polar surface area (TPSA) is 96.9 Å². The largest absolute Gasteiger partial charge is 0.423 e. The number of nitrogens with zero attached hydrogens (tertiary/aromatic N) is 7. The zero-order valence-corrected chi connectivity index (χ0v) is 23.2. The van der Waals surface area contributed by atoms with E-state index in [2.05, 4.69) is 31.8 Å². The fourth-order valence-electron chi connectivity index (χ4n) is 4.68. The van der Waals surface area contributed by atoms with Gasteiger partial charge in [-0.05, 0) is 30.7 Å². The highest BCUT2D eigenvalue weighted by atomic mass is 19.3. The molecule has 216 valence electrons. The Morgan fingerprint density at radius 2 is 1.85 bits per heavy atom. The van der Waals surface area contributed by atoms with Crippen molar-refractivity contribution in [3.8, 4) is 5.75 Å². The van der Waals surface area contributed by atoms with Crippen molar-refractivity contribution in [3.63, 3.8) is 0 Å². The van der Waals surface area contributed by atoms with Crippen LogP contribution in [0.3, 0.4) is 0 Å². The molecular formula is C29H33F2N7O3. The number of carbonyl (C=O) groups excluding carboxylic acids is 1. The number of imidazole rings is 1. The van der Waals surface area contributed by atoms with E-state index in [-0.39, 0.29) is 30.1 Å². The van der Waals surface area contributed by atoms with Crippen LogP contribution in [0.4, 0.5) is 8.78 Å². The molecule has 0 N–H and O–H groups in total. The fourth-order valence-corrected chi connectivity index (χ4v) is 4.68. The van der Waals surface area contributed by atoms with E-state index in [4.69, 9.17) is 9.47 Å². The normalized spacial score (nSPS) is 16.3. The predicted octanol–water partition coefficient (Wildman–Crippen LogP) is 4.27. The van der Waals surface area contributed by atoms with Gasteiger partial charge in [0.25, 0.3) is 12.3 Å². The van der Waals surface area contributed by atoms with E-state index in [1.165, 1.54) is 4.57 Å². The summed E-state index contributed by atoms with van der Waals surface area (Å²) in [6, 6.07) is 13.6. The summed E-state index contributed by atoms with van der Waals surface area (Å²) >= 11 is 0. The van der Waals surface area contributed by atoms with Crippen molar-refractivity contribution < 1.29 is 23.0 Å². The highest BCUT2D eigenvalue weighted by Crippen LogP contribution is 2.25. The van der Waals surface area contributed by atoms with Gasteiger partial charge in [0.2, 0.25) is 0 Å². The third-order valence-electron chi connectivity index (χ3n) is 6.87. The molecule has 41 heavy (non-hydrogen) atoms. The van der Waals surface area contributed by atoms with Crippen LogP contribution in [0.1, 0.15) is 42.4 Å². The van der Waals surface area contributed by atoms with Crippen LogP contribution in [0.25, 0.3) is 11.0 Å². The molecular weight excluding hydrogens is 532 g/mol. The number of fused-ring (bicyclic) bond motifs is 1. The molecule has 2 aliphatic heterocycles. The second-order valence-corrected chi connectivity index (χ2v) is 9.82. The summed E-state index contributed by atoms with van der Waals surface area (Å²) in [7, 11) is 1.75. The van der Waals surface area contributed by atoms with Gasteiger partial charge in [0, 0.05) is 26.7 Å². The van der Waals surface area contributed by atoms with E-state index in [9.17, 15) is 13.6 Å². The summed E-state index contributed by atoms with van der Waals surface area (Å²) in [5.74, 6) is 0.251. The number of rotatable bonds is 8. The third-order valence-corrected chi connectivity index (χ3v) is 6.87. The molecule has 5 rings (SSSR count). The molecule has 2 aliphatic rings. The van der Waals surface area contributed by atoms with Gasteiger partial charge in [0.05, 0.1) is 42.9 Å². The number of alkyl halides is 2. The molecule has 0 saturated carbocycles. The van der Waals surface area contributed by atoms with Crippen LogP contribution in [0.2, 0.25) is 0 Å². The highest BCUT2D eigenvalue weighted by Gasteiger charge is 2.25. The standard InChI is InChI=1S/C29H33F2N7O3/c1-3-4-13-36(2)28(39)20-9-5-8-12-23(20)41-29-34-24(19-37-14-16-40-17-15-37)32-18-25(35-29)38-22-11-7-6-10-21(22)33-27(38)26(30)31/h5-12,26H,3-4,13-19H2,1-2H3. The Hall–Kier alpha value is -4.03. The number of para-hydroxylation sites is 3. The molecule has 12 heteroatoms. The van der Waals surface area contributed by atoms with Crippen LogP contribution >= 0.6 is 0 Å². The molecule has 0 spiro atoms. The summed E-state index contributed by atoms with van der Waals surface area (Å²) in [6.45, 7) is 5.68. The van der Waals surface area contributed by atoms with Gasteiger partial charge in [-0.1, -0.05) is 37.6 Å². The maximum absolute atomic E-state index is 14.2. The van der Waals surface area contributed by atoms with Crippen molar-refractivity contribution in [1.29, 1.82) is 0 Å². The lowest BCUT2D eigenvalue weighted by Gasteiger charge is -2.25. The average molecular weight is 566 g/mol. The zero-order chi connectivity index (χ0) is 28.8. The lowest BCUT2D eigenvalue weighted by atomic mass is 10.1. The Morgan fingerprint density at radius 3 is 2.63 bits per heavy atom. The highest BCUT2D eigenvalue weighted by molar-refractivity contribution is 6.08. The minimum atomic E-state index is -2.84. The van der Waals surface area contributed by atoms with Gasteiger partial charge in [-0.3, -0.25) is 19.3 Å². The number of hydrogen-bond acceptors (Lipinski definition) is 8. The number of amidine groups is 2. The fraction of sp³-hybridized carbons (Fsp3) is 0.414. The van der Waals surface area contributed by atoms with E-state index in [1.807, 2.05) is 0 Å². The molecule has 0 radical (unpaired) electrons. The van der Waals surface area contributed by atoms with Crippen molar-refractivity contribution >= 4 is 34.6 Å². The van der Waals surface area contributed by atoms with Crippen molar-refractivity contribution in [1.82, 2.24) is 19.4 Å². The second-order valence-electron chi connectivity index (χ2n) is 9.82. The Bertz CT molecular complexity index is 1480. The van der Waals surface area contributed by atoms with Crippen LogP contribution < -0.4 is 4.74 Å². The van der Waals surface area contributed by atoms with Gasteiger partial charge < -0.3 is 14.4 Å². The molecule has 0 bridgehead atoms. The SMILES string of the molecule is CCCCN(C)C(=O)c1ccccc1OC1=NC(CN2CCOCC2)=NCC(n2c(C(F)F)nc3ccccc32)=N1. The predicted molar refractivity (Wildman–Crippen MR) is 153 cm³/mol. The van der Waals surface area contributed by atoms with Crippen LogP contribution in [0.15, 0.2) is 63.5 Å². The van der Waals surface area contributed by atoms with Gasteiger partial charge in [0.15, 0.2) is 5.82 Å². The van der Waals surface area contributed by atoms with Crippen LogP contribution in [0, 0.1) is 0 Å². The molecule has 0 unspecified atom stereocenters. The quantitative estimate of drug-likeness (QED) is 0.407. The second kappa shape index (κ2) is 13.1. The Balaban J connectivity index is 1.54. The van der Waals surface area contributed by atoms with E-state index >= 15 is 0 Å². The van der Waals surface area contributed by atoms with Gasteiger partial charge >= 0.3 is 6.02 Å². The zero-order valence-electron chi connectivity index (χ0n) is 23.2. The van der Waals surface area contributed by atoms with Crippen LogP contribution in [0.5, 0.6) is 5.75 Å². The number of unbranched alkanes of at least 4 members (excludes halogenated alkanes) is 1. The van der Waals surface area contributed by atoms with Crippen molar-refractivity contribution in [2.45, 2.75) is 26.2 Å². The summed E-state index contributed by atoms with van der Waals surface area (Å²) in [6.07, 6.45) is -1.01. The number of carbonyl (C=O) groups is 1. The molecule has 2 aromatic carbocycles. The average Bonchev–Trinajstić information content (AvgIpc) is 3.27. The summed E-state index contributed by atoms with van der Waals surface area (Å²) in [5, 5.41) is 0. The smallest absolute Gasteiger partial charge is 0.325 e. The Kier molecular flexibility index (Phi) is 9.10. The summed E-state index contributed by atoms with van der Waals surface area (Å²) in [5.41, 5.74) is 1.24. The molecule has 3 aromatic rings. The molecule has 0 atom stereocenters. The number of morpholine rings is 1.